The summed E-state index contributed by atoms with van der Waals surface area (Å²) in [5, 5.41) is 18.7. The minimum atomic E-state index is -1.18. The number of hydrogen-bond donors (Lipinski definition) is 3. The lowest BCUT2D eigenvalue weighted by molar-refractivity contribution is 0.0695. The van der Waals surface area contributed by atoms with Crippen molar-refractivity contribution in [3.05, 3.63) is 41.5 Å². The second-order valence-electron chi connectivity index (χ2n) is 3.54. The fraction of sp³-hybridized carbons (Fsp3) is 0. The summed E-state index contributed by atoms with van der Waals surface area (Å²) in [7, 11) is 0. The highest BCUT2D eigenvalue weighted by Crippen LogP contribution is 2.28. The van der Waals surface area contributed by atoms with Crippen LogP contribution in [0.5, 0.6) is 0 Å². The third kappa shape index (κ3) is 1.67. The highest BCUT2D eigenvalue weighted by Gasteiger charge is 2.16. The molecule has 0 fully saturated rings. The molecular weight excluding hydrogens is 222 g/mol. The molecule has 0 spiro atoms. The van der Waals surface area contributed by atoms with Crippen molar-refractivity contribution < 1.29 is 19.8 Å². The summed E-state index contributed by atoms with van der Waals surface area (Å²) in [5.41, 5.74) is 5.94. The quantitative estimate of drug-likeness (QED) is 0.684. The summed E-state index contributed by atoms with van der Waals surface area (Å²) in [6.07, 6.45) is 0. The van der Waals surface area contributed by atoms with E-state index in [1.54, 1.807) is 6.07 Å². The van der Waals surface area contributed by atoms with Crippen LogP contribution < -0.4 is 5.73 Å². The number of aromatic carboxylic acids is 2. The predicted octanol–water partition coefficient (Wildman–Crippen LogP) is 1.82. The Labute approximate surface area is 96.1 Å². The topological polar surface area (TPSA) is 101 Å². The molecule has 5 heteroatoms. The molecule has 2 aromatic carbocycles. The lowest BCUT2D eigenvalue weighted by Gasteiger charge is -2.08. The Bertz CT molecular complexity index is 613. The number of hydrogen-bond acceptors (Lipinski definition) is 3. The van der Waals surface area contributed by atoms with Gasteiger partial charge in [0, 0.05) is 16.5 Å². The van der Waals surface area contributed by atoms with E-state index in [2.05, 4.69) is 0 Å². The lowest BCUT2D eigenvalue weighted by atomic mass is 9.98. The van der Waals surface area contributed by atoms with Crippen LogP contribution in [-0.2, 0) is 0 Å². The van der Waals surface area contributed by atoms with Gasteiger partial charge in [0.25, 0.3) is 0 Å². The number of nitrogen functional groups attached to an aromatic ring is 1. The smallest absolute Gasteiger partial charge is 0.336 e. The first kappa shape index (κ1) is 10.9. The minimum absolute atomic E-state index is 0.0628. The number of anilines is 1. The Balaban J connectivity index is 2.99. The van der Waals surface area contributed by atoms with Crippen LogP contribution >= 0.6 is 0 Å². The van der Waals surface area contributed by atoms with Gasteiger partial charge >= 0.3 is 11.9 Å². The molecular formula is C12H9NO4. The van der Waals surface area contributed by atoms with E-state index in [4.69, 9.17) is 15.9 Å². The Morgan fingerprint density at radius 2 is 1.53 bits per heavy atom. The first-order valence-corrected chi connectivity index (χ1v) is 4.80. The van der Waals surface area contributed by atoms with Crippen LogP contribution in [0.3, 0.4) is 0 Å². The van der Waals surface area contributed by atoms with E-state index < -0.39 is 11.9 Å². The molecule has 0 aliphatic rings. The molecule has 2 rings (SSSR count). The van der Waals surface area contributed by atoms with Gasteiger partial charge in [-0.05, 0) is 18.2 Å². The molecule has 17 heavy (non-hydrogen) atoms. The summed E-state index contributed by atoms with van der Waals surface area (Å²) in [6, 6.07) is 7.26. The largest absolute Gasteiger partial charge is 0.478 e. The van der Waals surface area contributed by atoms with E-state index in [1.807, 2.05) is 0 Å². The molecule has 0 aromatic heterocycles. The van der Waals surface area contributed by atoms with Gasteiger partial charge in [-0.1, -0.05) is 12.1 Å². The van der Waals surface area contributed by atoms with Crippen molar-refractivity contribution in [2.24, 2.45) is 0 Å². The zero-order valence-corrected chi connectivity index (χ0v) is 8.68. The van der Waals surface area contributed by atoms with Crippen molar-refractivity contribution in [2.75, 3.05) is 5.73 Å². The third-order valence-electron chi connectivity index (χ3n) is 2.54. The Hall–Kier alpha value is -2.56. The van der Waals surface area contributed by atoms with Gasteiger partial charge in [-0.15, -0.1) is 0 Å². The molecule has 4 N–H and O–H groups in total. The summed E-state index contributed by atoms with van der Waals surface area (Å²) >= 11 is 0. The lowest BCUT2D eigenvalue weighted by Crippen LogP contribution is -2.05. The first-order chi connectivity index (χ1) is 8.02. The van der Waals surface area contributed by atoms with Crippen molar-refractivity contribution in [3.8, 4) is 0 Å². The van der Waals surface area contributed by atoms with Crippen LogP contribution in [0, 0.1) is 0 Å². The van der Waals surface area contributed by atoms with Crippen molar-refractivity contribution in [1.82, 2.24) is 0 Å². The van der Waals surface area contributed by atoms with Crippen LogP contribution in [-0.4, -0.2) is 22.2 Å². The zero-order chi connectivity index (χ0) is 12.6. The molecule has 0 radical (unpaired) electrons. The zero-order valence-electron chi connectivity index (χ0n) is 8.68. The fourth-order valence-corrected chi connectivity index (χ4v) is 1.79. The molecule has 0 atom stereocenters. The van der Waals surface area contributed by atoms with Crippen molar-refractivity contribution in [2.45, 2.75) is 0 Å². The van der Waals surface area contributed by atoms with Crippen LogP contribution in [0.2, 0.25) is 0 Å². The van der Waals surface area contributed by atoms with Gasteiger partial charge in [0.15, 0.2) is 0 Å². The van der Waals surface area contributed by atoms with E-state index in [9.17, 15) is 9.59 Å². The summed E-state index contributed by atoms with van der Waals surface area (Å²) < 4.78 is 0. The van der Waals surface area contributed by atoms with Gasteiger partial charge in [0.05, 0.1) is 11.1 Å². The van der Waals surface area contributed by atoms with Crippen molar-refractivity contribution in [3.63, 3.8) is 0 Å². The molecule has 5 nitrogen and oxygen atoms in total. The van der Waals surface area contributed by atoms with Crippen LogP contribution in [0.25, 0.3) is 10.8 Å². The Morgan fingerprint density at radius 3 is 2.12 bits per heavy atom. The molecule has 0 saturated heterocycles. The second kappa shape index (κ2) is 3.79. The average Bonchev–Trinajstić information content (AvgIpc) is 2.28. The number of carboxylic acids is 2. The normalized spacial score (nSPS) is 10.4. The van der Waals surface area contributed by atoms with Crippen molar-refractivity contribution in [1.29, 1.82) is 0 Å². The SMILES string of the molecule is Nc1ccc(C(=O)O)c2c(C(=O)O)cccc12. The predicted molar refractivity (Wildman–Crippen MR) is 62.3 cm³/mol. The molecule has 0 aliphatic carbocycles. The van der Waals surface area contributed by atoms with E-state index in [1.165, 1.54) is 24.3 Å². The maximum Gasteiger partial charge on any atom is 0.336 e. The van der Waals surface area contributed by atoms with Gasteiger partial charge < -0.3 is 15.9 Å². The fourth-order valence-electron chi connectivity index (χ4n) is 1.79. The molecule has 0 amide bonds. The average molecular weight is 231 g/mol. The Morgan fingerprint density at radius 1 is 0.941 bits per heavy atom. The molecule has 0 heterocycles. The molecule has 0 saturated carbocycles. The number of carboxylic acid groups (broad SMARTS) is 2. The maximum absolute atomic E-state index is 11.1. The van der Waals surface area contributed by atoms with Crippen LogP contribution in [0.15, 0.2) is 30.3 Å². The molecule has 0 unspecified atom stereocenters. The first-order valence-electron chi connectivity index (χ1n) is 4.80. The highest BCUT2D eigenvalue weighted by atomic mass is 16.4. The summed E-state index contributed by atoms with van der Waals surface area (Å²) in [5.74, 6) is -2.35. The van der Waals surface area contributed by atoms with Gasteiger partial charge in [0.1, 0.15) is 0 Å². The molecule has 2 aromatic rings. The number of carbonyl (C=O) groups is 2. The monoisotopic (exact) mass is 231 g/mol. The van der Waals surface area contributed by atoms with E-state index >= 15 is 0 Å². The number of benzene rings is 2. The van der Waals surface area contributed by atoms with E-state index in [0.717, 1.165) is 0 Å². The highest BCUT2D eigenvalue weighted by molar-refractivity contribution is 6.15. The second-order valence-corrected chi connectivity index (χ2v) is 3.54. The standard InChI is InChI=1S/C12H9NO4/c13-9-5-4-8(12(16)17)10-6(9)2-1-3-7(10)11(14)15/h1-5H,13H2,(H,14,15)(H,16,17). The molecule has 0 aliphatic heterocycles. The van der Waals surface area contributed by atoms with Crippen molar-refractivity contribution >= 4 is 28.4 Å². The molecule has 86 valence electrons. The van der Waals surface area contributed by atoms with Gasteiger partial charge in [-0.3, -0.25) is 0 Å². The maximum atomic E-state index is 11.1. The number of rotatable bonds is 2. The van der Waals surface area contributed by atoms with Gasteiger partial charge in [-0.25, -0.2) is 9.59 Å². The van der Waals surface area contributed by atoms with Crippen LogP contribution in [0.4, 0.5) is 5.69 Å². The third-order valence-corrected chi connectivity index (χ3v) is 2.54. The van der Waals surface area contributed by atoms with E-state index in [0.29, 0.717) is 11.1 Å². The minimum Gasteiger partial charge on any atom is -0.478 e. The van der Waals surface area contributed by atoms with E-state index in [-0.39, 0.29) is 16.5 Å². The van der Waals surface area contributed by atoms with Crippen LogP contribution in [0.1, 0.15) is 20.7 Å². The summed E-state index contributed by atoms with van der Waals surface area (Å²) in [6.45, 7) is 0. The Kier molecular flexibility index (Phi) is 2.44. The molecule has 0 bridgehead atoms. The van der Waals surface area contributed by atoms with Gasteiger partial charge in [0.2, 0.25) is 0 Å². The van der Waals surface area contributed by atoms with Gasteiger partial charge in [-0.2, -0.15) is 0 Å². The summed E-state index contributed by atoms with van der Waals surface area (Å²) in [4.78, 5) is 22.1. The number of nitrogens with two attached hydrogens (primary N) is 1. The number of fused-ring (bicyclic) bond motifs is 1.